The third-order valence-electron chi connectivity index (χ3n) is 3.35. The number of halogens is 1. The van der Waals surface area contributed by atoms with Crippen molar-refractivity contribution in [3.05, 3.63) is 70.8 Å². The Balaban J connectivity index is 1.93. The average Bonchev–Trinajstić information content (AvgIpc) is 2.54. The highest BCUT2D eigenvalue weighted by Crippen LogP contribution is 2.13. The smallest absolute Gasteiger partial charge is 0.185 e. The third-order valence-corrected chi connectivity index (χ3v) is 3.61. The number of allylic oxidation sites excluding steroid dienone is 1. The number of carbonyl (C=O) groups is 1. The first-order valence-corrected chi connectivity index (χ1v) is 7.89. The predicted octanol–water partition coefficient (Wildman–Crippen LogP) is 4.21. The van der Waals surface area contributed by atoms with E-state index in [2.05, 4.69) is 10.2 Å². The van der Waals surface area contributed by atoms with Crippen molar-refractivity contribution in [1.82, 2.24) is 4.90 Å². The largest absolute Gasteiger partial charge is 0.384 e. The predicted molar refractivity (Wildman–Crippen MR) is 98.3 cm³/mol. The van der Waals surface area contributed by atoms with Crippen LogP contribution < -0.4 is 5.32 Å². The van der Waals surface area contributed by atoms with E-state index in [0.717, 1.165) is 24.3 Å². The number of ketones is 1. The van der Waals surface area contributed by atoms with Gasteiger partial charge in [-0.1, -0.05) is 29.8 Å². The van der Waals surface area contributed by atoms with Gasteiger partial charge in [-0.2, -0.15) is 0 Å². The maximum Gasteiger partial charge on any atom is 0.185 e. The van der Waals surface area contributed by atoms with E-state index in [-0.39, 0.29) is 5.78 Å². The van der Waals surface area contributed by atoms with Crippen LogP contribution in [-0.4, -0.2) is 37.9 Å². The van der Waals surface area contributed by atoms with Crippen molar-refractivity contribution in [2.24, 2.45) is 0 Å². The Morgan fingerprint density at radius 2 is 1.74 bits per heavy atom. The van der Waals surface area contributed by atoms with E-state index in [1.807, 2.05) is 50.5 Å². The zero-order valence-corrected chi connectivity index (χ0v) is 14.2. The molecule has 0 amide bonds. The first-order chi connectivity index (χ1) is 11.0. The summed E-state index contributed by atoms with van der Waals surface area (Å²) in [6.07, 6.45) is 3.37. The quantitative estimate of drug-likeness (QED) is 0.610. The summed E-state index contributed by atoms with van der Waals surface area (Å²) in [5.41, 5.74) is 2.64. The van der Waals surface area contributed by atoms with Crippen molar-refractivity contribution in [3.63, 3.8) is 0 Å². The van der Waals surface area contributed by atoms with Crippen LogP contribution in [0.2, 0.25) is 5.02 Å². The zero-order valence-electron chi connectivity index (χ0n) is 13.4. The number of nitrogens with one attached hydrogen (secondary N) is 1. The highest BCUT2D eigenvalue weighted by atomic mass is 35.5. The van der Waals surface area contributed by atoms with Crippen LogP contribution in [0.1, 0.15) is 15.9 Å². The van der Waals surface area contributed by atoms with Crippen LogP contribution in [0.3, 0.4) is 0 Å². The molecule has 0 saturated heterocycles. The lowest BCUT2D eigenvalue weighted by molar-refractivity contribution is 0.104. The Bertz CT molecular complexity index is 661. The number of likely N-dealkylation sites (N-methyl/N-ethyl adjacent to an activating group) is 1. The fraction of sp³-hybridized carbons (Fsp3) is 0.211. The van der Waals surface area contributed by atoms with Gasteiger partial charge in [0, 0.05) is 29.4 Å². The number of rotatable bonds is 7. The minimum Gasteiger partial charge on any atom is -0.384 e. The summed E-state index contributed by atoms with van der Waals surface area (Å²) in [6, 6.07) is 14.9. The lowest BCUT2D eigenvalue weighted by Crippen LogP contribution is -2.20. The molecule has 0 unspecified atom stereocenters. The van der Waals surface area contributed by atoms with E-state index in [9.17, 15) is 4.79 Å². The van der Waals surface area contributed by atoms with Crippen molar-refractivity contribution >= 4 is 29.1 Å². The maximum absolute atomic E-state index is 12.2. The van der Waals surface area contributed by atoms with Crippen LogP contribution in [0.25, 0.3) is 6.08 Å². The molecule has 0 heterocycles. The van der Waals surface area contributed by atoms with Crippen LogP contribution in [0, 0.1) is 0 Å². The fourth-order valence-electron chi connectivity index (χ4n) is 2.02. The van der Waals surface area contributed by atoms with Gasteiger partial charge in [0.25, 0.3) is 0 Å². The first-order valence-electron chi connectivity index (χ1n) is 7.51. The normalized spacial score (nSPS) is 11.1. The van der Waals surface area contributed by atoms with Crippen LogP contribution in [0.4, 0.5) is 5.69 Å². The van der Waals surface area contributed by atoms with Crippen LogP contribution >= 0.6 is 11.6 Å². The molecular weight excluding hydrogens is 308 g/mol. The van der Waals surface area contributed by atoms with Crippen LogP contribution in [0.15, 0.2) is 54.6 Å². The number of carbonyl (C=O) groups excluding carboxylic acids is 1. The van der Waals surface area contributed by atoms with Gasteiger partial charge < -0.3 is 10.2 Å². The van der Waals surface area contributed by atoms with Crippen molar-refractivity contribution in [2.45, 2.75) is 0 Å². The summed E-state index contributed by atoms with van der Waals surface area (Å²) in [7, 11) is 4.08. The van der Waals surface area contributed by atoms with Crippen LogP contribution in [-0.2, 0) is 0 Å². The van der Waals surface area contributed by atoms with Crippen molar-refractivity contribution in [3.8, 4) is 0 Å². The highest BCUT2D eigenvalue weighted by molar-refractivity contribution is 6.30. The minimum atomic E-state index is -0.0141. The molecule has 2 rings (SSSR count). The van der Waals surface area contributed by atoms with E-state index < -0.39 is 0 Å². The Morgan fingerprint density at radius 3 is 2.35 bits per heavy atom. The van der Waals surface area contributed by atoms with Gasteiger partial charge in [0.05, 0.1) is 0 Å². The molecule has 1 N–H and O–H groups in total. The zero-order chi connectivity index (χ0) is 16.7. The second-order valence-electron chi connectivity index (χ2n) is 5.56. The molecule has 0 radical (unpaired) electrons. The molecule has 0 bridgehead atoms. The molecule has 0 aliphatic heterocycles. The molecule has 4 heteroatoms. The van der Waals surface area contributed by atoms with E-state index >= 15 is 0 Å². The second-order valence-corrected chi connectivity index (χ2v) is 5.99. The summed E-state index contributed by atoms with van der Waals surface area (Å²) in [4.78, 5) is 14.3. The molecule has 3 nitrogen and oxygen atoms in total. The molecule has 23 heavy (non-hydrogen) atoms. The summed E-state index contributed by atoms with van der Waals surface area (Å²) in [5.74, 6) is -0.0141. The summed E-state index contributed by atoms with van der Waals surface area (Å²) in [5, 5.41) is 4.01. The van der Waals surface area contributed by atoms with Crippen molar-refractivity contribution in [1.29, 1.82) is 0 Å². The number of anilines is 1. The summed E-state index contributed by atoms with van der Waals surface area (Å²) in [6.45, 7) is 1.83. The van der Waals surface area contributed by atoms with Gasteiger partial charge in [0.1, 0.15) is 0 Å². The van der Waals surface area contributed by atoms with Gasteiger partial charge >= 0.3 is 0 Å². The molecule has 0 fully saturated rings. The Hall–Kier alpha value is -2.10. The van der Waals surface area contributed by atoms with Gasteiger partial charge in [-0.15, -0.1) is 0 Å². The van der Waals surface area contributed by atoms with Gasteiger partial charge in [0.2, 0.25) is 0 Å². The van der Waals surface area contributed by atoms with Crippen LogP contribution in [0.5, 0.6) is 0 Å². The highest BCUT2D eigenvalue weighted by Gasteiger charge is 2.02. The topological polar surface area (TPSA) is 32.3 Å². The summed E-state index contributed by atoms with van der Waals surface area (Å²) < 4.78 is 0. The molecule has 120 valence electrons. The molecule has 0 saturated carbocycles. The Kier molecular flexibility index (Phi) is 6.39. The SMILES string of the molecule is CN(C)CCNc1ccc(C(=O)C=Cc2ccc(Cl)cc2)cc1. The molecule has 0 aliphatic carbocycles. The molecule has 0 aliphatic rings. The molecular formula is C19H21ClN2O. The minimum absolute atomic E-state index is 0.0141. The third kappa shape index (κ3) is 5.89. The Morgan fingerprint density at radius 1 is 1.09 bits per heavy atom. The number of nitrogens with zero attached hydrogens (tertiary/aromatic N) is 1. The summed E-state index contributed by atoms with van der Waals surface area (Å²) >= 11 is 5.84. The standard InChI is InChI=1S/C19H21ClN2O/c1-22(2)14-13-21-18-10-6-16(7-11-18)19(23)12-5-15-3-8-17(20)9-4-15/h3-12,21H,13-14H2,1-2H3. The second kappa shape index (κ2) is 8.51. The van der Waals surface area contributed by atoms with Crippen molar-refractivity contribution < 1.29 is 4.79 Å². The van der Waals surface area contributed by atoms with E-state index in [4.69, 9.17) is 11.6 Å². The van der Waals surface area contributed by atoms with Gasteiger partial charge in [-0.05, 0) is 62.1 Å². The fourth-order valence-corrected chi connectivity index (χ4v) is 2.14. The molecule has 0 atom stereocenters. The average molecular weight is 329 g/mol. The molecule has 2 aromatic carbocycles. The van der Waals surface area contributed by atoms with E-state index in [0.29, 0.717) is 10.6 Å². The lowest BCUT2D eigenvalue weighted by atomic mass is 10.1. The lowest BCUT2D eigenvalue weighted by Gasteiger charge is -2.11. The molecule has 0 aromatic heterocycles. The van der Waals surface area contributed by atoms with Gasteiger partial charge in [-0.3, -0.25) is 4.79 Å². The van der Waals surface area contributed by atoms with Gasteiger partial charge in [-0.25, -0.2) is 0 Å². The van der Waals surface area contributed by atoms with Crippen molar-refractivity contribution in [2.75, 3.05) is 32.5 Å². The Labute approximate surface area is 142 Å². The maximum atomic E-state index is 12.2. The monoisotopic (exact) mass is 328 g/mol. The molecule has 0 spiro atoms. The number of hydrogen-bond acceptors (Lipinski definition) is 3. The van der Waals surface area contributed by atoms with E-state index in [1.54, 1.807) is 24.3 Å². The number of hydrogen-bond donors (Lipinski definition) is 1. The number of benzene rings is 2. The van der Waals surface area contributed by atoms with Gasteiger partial charge in [0.15, 0.2) is 5.78 Å². The van der Waals surface area contributed by atoms with E-state index in [1.165, 1.54) is 0 Å². The first kappa shape index (κ1) is 17.3. The molecule has 2 aromatic rings.